The van der Waals surface area contributed by atoms with E-state index in [9.17, 15) is 13.5 Å². The molecule has 1 aromatic carbocycles. The van der Waals surface area contributed by atoms with E-state index in [0.717, 1.165) is 12.8 Å². The van der Waals surface area contributed by atoms with Crippen LogP contribution >= 0.6 is 11.6 Å². The Labute approximate surface area is 117 Å². The fourth-order valence-electron chi connectivity index (χ4n) is 1.76. The lowest BCUT2D eigenvalue weighted by Crippen LogP contribution is -2.32. The first kappa shape index (κ1) is 14.6. The van der Waals surface area contributed by atoms with Crippen molar-refractivity contribution in [2.24, 2.45) is 5.41 Å². The first-order valence-corrected chi connectivity index (χ1v) is 7.73. The summed E-state index contributed by atoms with van der Waals surface area (Å²) in [6.45, 7) is 0.227. The first-order chi connectivity index (χ1) is 8.92. The quantitative estimate of drug-likeness (QED) is 0.833. The number of sulfonamides is 1. The van der Waals surface area contributed by atoms with E-state index in [1.165, 1.54) is 25.3 Å². The highest BCUT2D eigenvalue weighted by atomic mass is 35.5. The first-order valence-electron chi connectivity index (χ1n) is 5.86. The molecule has 1 aromatic rings. The molecule has 0 aliphatic heterocycles. The molecule has 0 unspecified atom stereocenters. The van der Waals surface area contributed by atoms with E-state index in [1.54, 1.807) is 0 Å². The van der Waals surface area contributed by atoms with Crippen molar-refractivity contribution < 1.29 is 18.3 Å². The zero-order chi connectivity index (χ0) is 14.1. The van der Waals surface area contributed by atoms with Gasteiger partial charge in [-0.05, 0) is 25.0 Å². The van der Waals surface area contributed by atoms with Crippen LogP contribution in [0.25, 0.3) is 0 Å². The van der Waals surface area contributed by atoms with Crippen molar-refractivity contribution in [3.05, 3.63) is 23.2 Å². The Kier molecular flexibility index (Phi) is 4.06. The lowest BCUT2D eigenvalue weighted by molar-refractivity contribution is 0.213. The van der Waals surface area contributed by atoms with Crippen molar-refractivity contribution in [1.82, 2.24) is 4.72 Å². The van der Waals surface area contributed by atoms with Gasteiger partial charge in [0, 0.05) is 29.7 Å². The van der Waals surface area contributed by atoms with E-state index in [-0.39, 0.29) is 29.2 Å². The number of ether oxygens (including phenoxy) is 1. The summed E-state index contributed by atoms with van der Waals surface area (Å²) in [6, 6.07) is 4.36. The van der Waals surface area contributed by atoms with Gasteiger partial charge in [-0.3, -0.25) is 0 Å². The molecule has 0 aromatic heterocycles. The molecule has 19 heavy (non-hydrogen) atoms. The number of benzene rings is 1. The standard InChI is InChI=1S/C12H16ClNO4S/c1-18-10-6-9(13)2-3-11(10)19(16,17)14-7-12(8-15)4-5-12/h2-3,6,14-15H,4-5,7-8H2,1H3. The van der Waals surface area contributed by atoms with Gasteiger partial charge in [-0.25, -0.2) is 13.1 Å². The molecule has 0 saturated heterocycles. The van der Waals surface area contributed by atoms with Crippen molar-refractivity contribution in [3.8, 4) is 5.75 Å². The Morgan fingerprint density at radius 3 is 2.68 bits per heavy atom. The van der Waals surface area contributed by atoms with Gasteiger partial charge in [0.1, 0.15) is 10.6 Å². The van der Waals surface area contributed by atoms with Gasteiger partial charge in [-0.15, -0.1) is 0 Å². The van der Waals surface area contributed by atoms with Crippen LogP contribution in [0.2, 0.25) is 5.02 Å². The van der Waals surface area contributed by atoms with Crippen molar-refractivity contribution >= 4 is 21.6 Å². The van der Waals surface area contributed by atoms with Crippen LogP contribution in [0.15, 0.2) is 23.1 Å². The Morgan fingerprint density at radius 1 is 1.47 bits per heavy atom. The third-order valence-electron chi connectivity index (χ3n) is 3.34. The molecule has 0 atom stereocenters. The Morgan fingerprint density at radius 2 is 2.16 bits per heavy atom. The molecule has 1 aliphatic rings. The van der Waals surface area contributed by atoms with E-state index in [1.807, 2.05) is 0 Å². The molecule has 2 rings (SSSR count). The van der Waals surface area contributed by atoms with Crippen molar-refractivity contribution in [2.75, 3.05) is 20.3 Å². The van der Waals surface area contributed by atoms with E-state index in [0.29, 0.717) is 5.02 Å². The van der Waals surface area contributed by atoms with Gasteiger partial charge in [0.15, 0.2) is 0 Å². The normalized spacial score (nSPS) is 17.2. The summed E-state index contributed by atoms with van der Waals surface area (Å²) in [7, 11) is -2.28. The number of aliphatic hydroxyl groups is 1. The van der Waals surface area contributed by atoms with Crippen molar-refractivity contribution in [3.63, 3.8) is 0 Å². The molecule has 0 heterocycles. The highest BCUT2D eigenvalue weighted by molar-refractivity contribution is 7.89. The Balaban J connectivity index is 2.19. The summed E-state index contributed by atoms with van der Waals surface area (Å²) in [5.41, 5.74) is -0.285. The maximum Gasteiger partial charge on any atom is 0.244 e. The van der Waals surface area contributed by atoms with E-state index in [4.69, 9.17) is 16.3 Å². The number of halogens is 1. The SMILES string of the molecule is COc1cc(Cl)ccc1S(=O)(=O)NCC1(CO)CC1. The molecule has 5 nitrogen and oxygen atoms in total. The summed E-state index contributed by atoms with van der Waals surface area (Å²) in [5, 5.41) is 9.59. The molecule has 106 valence electrons. The lowest BCUT2D eigenvalue weighted by Gasteiger charge is -2.14. The van der Waals surface area contributed by atoms with Gasteiger partial charge >= 0.3 is 0 Å². The van der Waals surface area contributed by atoms with Crippen LogP contribution in [0.5, 0.6) is 5.75 Å². The molecule has 0 amide bonds. The van der Waals surface area contributed by atoms with E-state index in [2.05, 4.69) is 4.72 Å². The lowest BCUT2D eigenvalue weighted by atomic mass is 10.1. The van der Waals surface area contributed by atoms with Crippen molar-refractivity contribution in [1.29, 1.82) is 0 Å². The van der Waals surface area contributed by atoms with Crippen LogP contribution in [-0.4, -0.2) is 33.8 Å². The largest absolute Gasteiger partial charge is 0.495 e. The molecule has 0 spiro atoms. The number of hydrogen-bond donors (Lipinski definition) is 2. The summed E-state index contributed by atoms with van der Waals surface area (Å²) in [6.07, 6.45) is 1.67. The number of hydrogen-bond acceptors (Lipinski definition) is 4. The summed E-state index contributed by atoms with van der Waals surface area (Å²) in [4.78, 5) is 0.0492. The smallest absolute Gasteiger partial charge is 0.244 e. The maximum absolute atomic E-state index is 12.2. The molecule has 1 saturated carbocycles. The third kappa shape index (κ3) is 3.20. The fourth-order valence-corrected chi connectivity index (χ4v) is 3.22. The van der Waals surface area contributed by atoms with Crippen molar-refractivity contribution in [2.45, 2.75) is 17.7 Å². The number of rotatable bonds is 6. The minimum Gasteiger partial charge on any atom is -0.495 e. The van der Waals surface area contributed by atoms with Crippen LogP contribution in [-0.2, 0) is 10.0 Å². The van der Waals surface area contributed by atoms with Gasteiger partial charge in [0.05, 0.1) is 7.11 Å². The van der Waals surface area contributed by atoms with Gasteiger partial charge in [0.2, 0.25) is 10.0 Å². The predicted octanol–water partition coefficient (Wildman–Crippen LogP) is 1.40. The monoisotopic (exact) mass is 305 g/mol. The van der Waals surface area contributed by atoms with Gasteiger partial charge in [-0.2, -0.15) is 0 Å². The third-order valence-corrected chi connectivity index (χ3v) is 5.02. The number of aliphatic hydroxyl groups excluding tert-OH is 1. The van der Waals surface area contributed by atoms with E-state index >= 15 is 0 Å². The zero-order valence-electron chi connectivity index (χ0n) is 10.5. The average Bonchev–Trinajstić information content (AvgIpc) is 3.17. The highest BCUT2D eigenvalue weighted by Crippen LogP contribution is 2.44. The molecule has 0 bridgehead atoms. The van der Waals surface area contributed by atoms with Crippen LogP contribution in [0.3, 0.4) is 0 Å². The van der Waals surface area contributed by atoms with Gasteiger partial charge < -0.3 is 9.84 Å². The molecule has 2 N–H and O–H groups in total. The Hall–Kier alpha value is -0.820. The molecular formula is C12H16ClNO4S. The molecule has 0 radical (unpaired) electrons. The zero-order valence-corrected chi connectivity index (χ0v) is 12.1. The van der Waals surface area contributed by atoms with Crippen LogP contribution in [0.4, 0.5) is 0 Å². The summed E-state index contributed by atoms with van der Waals surface area (Å²) < 4.78 is 31.9. The highest BCUT2D eigenvalue weighted by Gasteiger charge is 2.42. The molecule has 7 heteroatoms. The topological polar surface area (TPSA) is 75.6 Å². The average molecular weight is 306 g/mol. The Bertz CT molecular complexity index is 569. The second-order valence-electron chi connectivity index (χ2n) is 4.78. The molecule has 1 aliphatic carbocycles. The number of methoxy groups -OCH3 is 1. The fraction of sp³-hybridized carbons (Fsp3) is 0.500. The summed E-state index contributed by atoms with van der Waals surface area (Å²) >= 11 is 5.80. The second kappa shape index (κ2) is 5.28. The molecular weight excluding hydrogens is 290 g/mol. The van der Waals surface area contributed by atoms with Gasteiger partial charge in [-0.1, -0.05) is 11.6 Å². The van der Waals surface area contributed by atoms with E-state index < -0.39 is 10.0 Å². The number of nitrogens with one attached hydrogen (secondary N) is 1. The maximum atomic E-state index is 12.2. The predicted molar refractivity (Wildman–Crippen MR) is 71.9 cm³/mol. The second-order valence-corrected chi connectivity index (χ2v) is 6.95. The van der Waals surface area contributed by atoms with Crippen LogP contribution in [0, 0.1) is 5.41 Å². The molecule has 1 fully saturated rings. The summed E-state index contributed by atoms with van der Waals surface area (Å²) in [5.74, 6) is 0.203. The minimum atomic E-state index is -3.67. The van der Waals surface area contributed by atoms with Crippen LogP contribution < -0.4 is 9.46 Å². The van der Waals surface area contributed by atoms with Gasteiger partial charge in [0.25, 0.3) is 0 Å². The van der Waals surface area contributed by atoms with Crippen LogP contribution in [0.1, 0.15) is 12.8 Å². The minimum absolute atomic E-state index is 0.00667.